The van der Waals surface area contributed by atoms with Gasteiger partial charge in [-0.1, -0.05) is 15.9 Å². The summed E-state index contributed by atoms with van der Waals surface area (Å²) in [5.74, 6) is 0.252. The largest absolute Gasteiger partial charge is 0.466 e. The van der Waals surface area contributed by atoms with Crippen LogP contribution in [0.3, 0.4) is 0 Å². The molecular formula is C11H8Br2FNO. The zero-order chi connectivity index (χ0) is 11.7. The number of nitrogens with two attached hydrogens (primary N) is 1. The van der Waals surface area contributed by atoms with E-state index in [0.717, 1.165) is 8.95 Å². The quantitative estimate of drug-likeness (QED) is 0.891. The molecule has 0 fully saturated rings. The van der Waals surface area contributed by atoms with E-state index in [-0.39, 0.29) is 5.82 Å². The second kappa shape index (κ2) is 4.69. The first kappa shape index (κ1) is 11.8. The van der Waals surface area contributed by atoms with Crippen molar-refractivity contribution < 1.29 is 8.81 Å². The van der Waals surface area contributed by atoms with E-state index < -0.39 is 6.04 Å². The fraction of sp³-hybridized carbons (Fsp3) is 0.0909. The highest BCUT2D eigenvalue weighted by atomic mass is 79.9. The third-order valence-corrected chi connectivity index (χ3v) is 3.60. The van der Waals surface area contributed by atoms with Crippen LogP contribution in [0.25, 0.3) is 0 Å². The molecule has 0 bridgehead atoms. The lowest BCUT2D eigenvalue weighted by Gasteiger charge is -2.12. The van der Waals surface area contributed by atoms with Gasteiger partial charge in [-0.3, -0.25) is 0 Å². The summed E-state index contributed by atoms with van der Waals surface area (Å²) in [4.78, 5) is 0. The van der Waals surface area contributed by atoms with Crippen molar-refractivity contribution in [2.45, 2.75) is 6.04 Å². The second-order valence-corrected chi connectivity index (χ2v) is 4.98. The number of halogens is 3. The molecule has 0 saturated heterocycles. The number of hydrogen-bond donors (Lipinski definition) is 1. The van der Waals surface area contributed by atoms with Gasteiger partial charge in [0.2, 0.25) is 0 Å². The van der Waals surface area contributed by atoms with E-state index in [1.165, 1.54) is 18.4 Å². The van der Waals surface area contributed by atoms with Gasteiger partial charge < -0.3 is 10.2 Å². The Morgan fingerprint density at radius 2 is 1.94 bits per heavy atom. The highest BCUT2D eigenvalue weighted by Crippen LogP contribution is 2.31. The predicted octanol–water partition coefficient (Wildman–Crippen LogP) is 3.99. The first-order valence-corrected chi connectivity index (χ1v) is 6.11. The van der Waals surface area contributed by atoms with Crippen LogP contribution in [0.2, 0.25) is 0 Å². The summed E-state index contributed by atoms with van der Waals surface area (Å²) < 4.78 is 19.9. The van der Waals surface area contributed by atoms with E-state index in [0.29, 0.717) is 11.3 Å². The molecule has 1 unspecified atom stereocenters. The summed E-state index contributed by atoms with van der Waals surface area (Å²) in [5, 5.41) is 0. The van der Waals surface area contributed by atoms with Crippen molar-refractivity contribution in [3.05, 3.63) is 56.6 Å². The zero-order valence-corrected chi connectivity index (χ0v) is 11.3. The molecule has 2 nitrogen and oxygen atoms in total. The minimum Gasteiger partial charge on any atom is -0.466 e. The van der Waals surface area contributed by atoms with Crippen LogP contribution in [-0.2, 0) is 0 Å². The van der Waals surface area contributed by atoms with Crippen LogP contribution < -0.4 is 5.73 Å². The Morgan fingerprint density at radius 3 is 2.56 bits per heavy atom. The summed E-state index contributed by atoms with van der Waals surface area (Å²) >= 11 is 6.66. The molecule has 0 radical (unpaired) electrons. The van der Waals surface area contributed by atoms with E-state index in [1.807, 2.05) is 0 Å². The smallest absolute Gasteiger partial charge is 0.139 e. The van der Waals surface area contributed by atoms with Crippen LogP contribution in [0.1, 0.15) is 17.4 Å². The van der Waals surface area contributed by atoms with Crippen LogP contribution in [0.4, 0.5) is 4.39 Å². The number of rotatable bonds is 2. The number of furan rings is 1. The Balaban J connectivity index is 2.45. The minimum atomic E-state index is -0.505. The molecule has 1 atom stereocenters. The van der Waals surface area contributed by atoms with E-state index >= 15 is 0 Å². The van der Waals surface area contributed by atoms with Crippen molar-refractivity contribution in [1.82, 2.24) is 0 Å². The summed E-state index contributed by atoms with van der Waals surface area (Å²) in [6.07, 6.45) is 1.53. The maximum atomic E-state index is 13.1. The second-order valence-electron chi connectivity index (χ2n) is 3.28. The highest BCUT2D eigenvalue weighted by Gasteiger charge is 2.18. The maximum absolute atomic E-state index is 13.1. The van der Waals surface area contributed by atoms with Gasteiger partial charge in [-0.05, 0) is 45.8 Å². The van der Waals surface area contributed by atoms with Gasteiger partial charge in [0.15, 0.2) is 0 Å². The number of benzene rings is 1. The molecule has 16 heavy (non-hydrogen) atoms. The summed E-state index contributed by atoms with van der Waals surface area (Å²) in [5.41, 5.74) is 6.66. The highest BCUT2D eigenvalue weighted by molar-refractivity contribution is 9.10. The lowest BCUT2D eigenvalue weighted by molar-refractivity contribution is 0.486. The van der Waals surface area contributed by atoms with Crippen LogP contribution in [-0.4, -0.2) is 0 Å². The van der Waals surface area contributed by atoms with E-state index in [1.54, 1.807) is 12.1 Å². The Kier molecular flexibility index (Phi) is 3.47. The van der Waals surface area contributed by atoms with Crippen molar-refractivity contribution >= 4 is 31.9 Å². The van der Waals surface area contributed by atoms with E-state index in [2.05, 4.69) is 31.9 Å². The Bertz CT molecular complexity index is 512. The van der Waals surface area contributed by atoms with Gasteiger partial charge in [0.25, 0.3) is 0 Å². The van der Waals surface area contributed by atoms with Gasteiger partial charge in [0.05, 0.1) is 16.8 Å². The molecule has 84 valence electrons. The summed E-state index contributed by atoms with van der Waals surface area (Å²) in [7, 11) is 0. The molecule has 0 saturated carbocycles. The number of hydrogen-bond acceptors (Lipinski definition) is 2. The summed E-state index contributed by atoms with van der Waals surface area (Å²) in [6.45, 7) is 0. The SMILES string of the molecule is NC(c1cc(F)ccc1Br)c1occc1Br. The third-order valence-electron chi connectivity index (χ3n) is 2.22. The summed E-state index contributed by atoms with van der Waals surface area (Å²) in [6, 6.07) is 5.64. The molecule has 0 aliphatic rings. The Morgan fingerprint density at radius 1 is 1.19 bits per heavy atom. The zero-order valence-electron chi connectivity index (χ0n) is 8.08. The van der Waals surface area contributed by atoms with Crippen LogP contribution >= 0.6 is 31.9 Å². The van der Waals surface area contributed by atoms with E-state index in [9.17, 15) is 4.39 Å². The minimum absolute atomic E-state index is 0.323. The van der Waals surface area contributed by atoms with E-state index in [4.69, 9.17) is 10.2 Å². The molecule has 2 rings (SSSR count). The van der Waals surface area contributed by atoms with Gasteiger partial charge in [0, 0.05) is 4.47 Å². The first-order valence-electron chi connectivity index (χ1n) is 4.53. The normalized spacial score (nSPS) is 12.8. The average molecular weight is 349 g/mol. The van der Waals surface area contributed by atoms with Gasteiger partial charge >= 0.3 is 0 Å². The first-order chi connectivity index (χ1) is 7.59. The van der Waals surface area contributed by atoms with Gasteiger partial charge in [-0.25, -0.2) is 4.39 Å². The molecule has 5 heteroatoms. The molecule has 0 aliphatic heterocycles. The van der Waals surface area contributed by atoms with Gasteiger partial charge in [0.1, 0.15) is 11.6 Å². The molecule has 2 aromatic rings. The molecule has 1 heterocycles. The van der Waals surface area contributed by atoms with Crippen molar-refractivity contribution in [1.29, 1.82) is 0 Å². The van der Waals surface area contributed by atoms with Gasteiger partial charge in [-0.2, -0.15) is 0 Å². The van der Waals surface area contributed by atoms with Crippen molar-refractivity contribution in [3.63, 3.8) is 0 Å². The fourth-order valence-corrected chi connectivity index (χ4v) is 2.36. The topological polar surface area (TPSA) is 39.2 Å². The van der Waals surface area contributed by atoms with Crippen molar-refractivity contribution in [3.8, 4) is 0 Å². The van der Waals surface area contributed by atoms with Gasteiger partial charge in [-0.15, -0.1) is 0 Å². The Hall–Kier alpha value is -0.650. The Labute approximate surface area is 109 Å². The van der Waals surface area contributed by atoms with Crippen molar-refractivity contribution in [2.24, 2.45) is 5.73 Å². The molecule has 0 aliphatic carbocycles. The molecule has 0 spiro atoms. The predicted molar refractivity (Wildman–Crippen MR) is 66.5 cm³/mol. The molecule has 2 N–H and O–H groups in total. The van der Waals surface area contributed by atoms with Crippen molar-refractivity contribution in [2.75, 3.05) is 0 Å². The standard InChI is InChI=1S/C11H8Br2FNO/c12-8-2-1-6(14)5-7(8)10(15)11-9(13)3-4-16-11/h1-5,10H,15H2. The lowest BCUT2D eigenvalue weighted by atomic mass is 10.1. The molecule has 1 aromatic heterocycles. The molecule has 0 amide bonds. The molecular weight excluding hydrogens is 341 g/mol. The maximum Gasteiger partial charge on any atom is 0.139 e. The fourth-order valence-electron chi connectivity index (χ4n) is 1.42. The van der Waals surface area contributed by atoms with Crippen LogP contribution in [0, 0.1) is 5.82 Å². The monoisotopic (exact) mass is 347 g/mol. The lowest BCUT2D eigenvalue weighted by Crippen LogP contribution is -2.12. The molecule has 1 aromatic carbocycles. The third kappa shape index (κ3) is 2.21. The van der Waals surface area contributed by atoms with Crippen LogP contribution in [0.15, 0.2) is 43.9 Å². The average Bonchev–Trinajstić information content (AvgIpc) is 2.67. The van der Waals surface area contributed by atoms with Crippen LogP contribution in [0.5, 0.6) is 0 Å².